The van der Waals surface area contributed by atoms with Gasteiger partial charge in [0.1, 0.15) is 11.6 Å². The van der Waals surface area contributed by atoms with Crippen molar-refractivity contribution in [3.8, 4) is 5.75 Å². The van der Waals surface area contributed by atoms with Gasteiger partial charge in [0.2, 0.25) is 0 Å². The first kappa shape index (κ1) is 19.4. The number of carboxylic acids is 1. The molecule has 0 saturated carbocycles. The standard InChI is InChI=1S/C23H20FN3O3/c1-14-3-8-19(18(24)11-14)26-21-17-12-25-10-9-20(17)27(22(21)23(28)29)13-15-4-6-16(30-2)7-5-15/h3-12,26H,13H2,1-2H3,(H,28,29). The van der Waals surface area contributed by atoms with E-state index in [1.807, 2.05) is 24.3 Å². The van der Waals surface area contributed by atoms with Gasteiger partial charge in [0.25, 0.3) is 0 Å². The van der Waals surface area contributed by atoms with Gasteiger partial charge in [0.15, 0.2) is 5.69 Å². The first-order valence-corrected chi connectivity index (χ1v) is 9.33. The van der Waals surface area contributed by atoms with E-state index in [4.69, 9.17) is 4.74 Å². The van der Waals surface area contributed by atoms with Gasteiger partial charge in [-0.2, -0.15) is 0 Å². The lowest BCUT2D eigenvalue weighted by Gasteiger charge is -2.11. The Labute approximate surface area is 172 Å². The summed E-state index contributed by atoms with van der Waals surface area (Å²) in [4.78, 5) is 16.4. The Morgan fingerprint density at radius 3 is 2.63 bits per heavy atom. The number of anilines is 2. The molecule has 0 bridgehead atoms. The van der Waals surface area contributed by atoms with Gasteiger partial charge in [0, 0.05) is 24.3 Å². The highest BCUT2D eigenvalue weighted by Crippen LogP contribution is 2.34. The lowest BCUT2D eigenvalue weighted by atomic mass is 10.2. The van der Waals surface area contributed by atoms with Crippen molar-refractivity contribution in [3.05, 3.63) is 83.6 Å². The van der Waals surface area contributed by atoms with Gasteiger partial charge in [-0.15, -0.1) is 0 Å². The SMILES string of the molecule is COc1ccc(Cn2c(C(=O)O)c(Nc3ccc(C)cc3F)c3cnccc32)cc1. The van der Waals surface area contributed by atoms with Gasteiger partial charge < -0.3 is 19.7 Å². The number of benzene rings is 2. The number of ether oxygens (including phenoxy) is 1. The molecule has 0 atom stereocenters. The number of methoxy groups -OCH3 is 1. The maximum Gasteiger partial charge on any atom is 0.354 e. The highest BCUT2D eigenvalue weighted by molar-refractivity contribution is 6.07. The van der Waals surface area contributed by atoms with E-state index in [0.717, 1.165) is 16.9 Å². The highest BCUT2D eigenvalue weighted by Gasteiger charge is 2.23. The molecule has 4 aromatic rings. The number of carbonyl (C=O) groups is 1. The van der Waals surface area contributed by atoms with Crippen LogP contribution in [-0.2, 0) is 6.54 Å². The lowest BCUT2D eigenvalue weighted by Crippen LogP contribution is -2.11. The fraction of sp³-hybridized carbons (Fsp3) is 0.130. The number of aryl methyl sites for hydroxylation is 1. The Morgan fingerprint density at radius 2 is 1.97 bits per heavy atom. The van der Waals surface area contributed by atoms with E-state index < -0.39 is 11.8 Å². The summed E-state index contributed by atoms with van der Waals surface area (Å²) in [7, 11) is 1.59. The van der Waals surface area contributed by atoms with Gasteiger partial charge in [-0.1, -0.05) is 18.2 Å². The fourth-order valence-electron chi connectivity index (χ4n) is 3.48. The molecule has 0 fully saturated rings. The van der Waals surface area contributed by atoms with Gasteiger partial charge >= 0.3 is 5.97 Å². The molecule has 2 aromatic carbocycles. The van der Waals surface area contributed by atoms with Crippen LogP contribution in [0.1, 0.15) is 21.6 Å². The Hall–Kier alpha value is -3.87. The zero-order chi connectivity index (χ0) is 21.3. The number of halogens is 1. The maximum absolute atomic E-state index is 14.4. The maximum atomic E-state index is 14.4. The van der Waals surface area contributed by atoms with Gasteiger partial charge in [-0.05, 0) is 48.4 Å². The molecule has 0 saturated heterocycles. The molecule has 2 heterocycles. The molecule has 0 amide bonds. The molecule has 152 valence electrons. The number of nitrogens with zero attached hydrogens (tertiary/aromatic N) is 2. The molecule has 7 heteroatoms. The second kappa shape index (κ2) is 7.87. The predicted molar refractivity (Wildman–Crippen MR) is 113 cm³/mol. The van der Waals surface area contributed by atoms with Crippen LogP contribution in [0, 0.1) is 12.7 Å². The van der Waals surface area contributed by atoms with Gasteiger partial charge in [0.05, 0.1) is 24.0 Å². The number of rotatable bonds is 6. The normalized spacial score (nSPS) is 10.9. The Morgan fingerprint density at radius 1 is 1.20 bits per heavy atom. The quantitative estimate of drug-likeness (QED) is 0.473. The van der Waals surface area contributed by atoms with Crippen LogP contribution in [0.5, 0.6) is 5.75 Å². The minimum atomic E-state index is -1.12. The molecule has 4 rings (SSSR count). The molecule has 6 nitrogen and oxygen atoms in total. The molecule has 0 unspecified atom stereocenters. The summed E-state index contributed by atoms with van der Waals surface area (Å²) in [5.41, 5.74) is 2.92. The number of carboxylic acid groups (broad SMARTS) is 1. The Bertz CT molecular complexity index is 1230. The topological polar surface area (TPSA) is 76.4 Å². The number of aromatic nitrogens is 2. The van der Waals surface area contributed by atoms with E-state index in [9.17, 15) is 14.3 Å². The number of pyridine rings is 1. The van der Waals surface area contributed by atoms with Crippen LogP contribution in [0.25, 0.3) is 10.9 Å². The van der Waals surface area contributed by atoms with E-state index in [1.165, 1.54) is 6.07 Å². The molecule has 0 aliphatic heterocycles. The van der Waals surface area contributed by atoms with Crippen molar-refractivity contribution < 1.29 is 19.0 Å². The zero-order valence-corrected chi connectivity index (χ0v) is 16.5. The van der Waals surface area contributed by atoms with E-state index >= 15 is 0 Å². The number of nitrogens with one attached hydrogen (secondary N) is 1. The van der Waals surface area contributed by atoms with Crippen molar-refractivity contribution in [2.24, 2.45) is 0 Å². The summed E-state index contributed by atoms with van der Waals surface area (Å²) < 4.78 is 21.3. The third-order valence-corrected chi connectivity index (χ3v) is 4.95. The van der Waals surface area contributed by atoms with Crippen LogP contribution < -0.4 is 10.1 Å². The monoisotopic (exact) mass is 405 g/mol. The van der Waals surface area contributed by atoms with E-state index in [-0.39, 0.29) is 11.4 Å². The van der Waals surface area contributed by atoms with Crippen molar-refractivity contribution in [3.63, 3.8) is 0 Å². The second-order valence-electron chi connectivity index (χ2n) is 6.96. The largest absolute Gasteiger partial charge is 0.497 e. The second-order valence-corrected chi connectivity index (χ2v) is 6.96. The molecule has 2 aromatic heterocycles. The number of hydrogen-bond acceptors (Lipinski definition) is 4. The lowest BCUT2D eigenvalue weighted by molar-refractivity contribution is 0.0687. The number of fused-ring (bicyclic) bond motifs is 1. The van der Waals surface area contributed by atoms with Gasteiger partial charge in [-0.25, -0.2) is 9.18 Å². The predicted octanol–water partition coefficient (Wildman–Crippen LogP) is 4.98. The van der Waals surface area contributed by atoms with Crippen molar-refractivity contribution in [1.29, 1.82) is 0 Å². The Balaban J connectivity index is 1.85. The fourth-order valence-corrected chi connectivity index (χ4v) is 3.48. The first-order chi connectivity index (χ1) is 14.5. The van der Waals surface area contributed by atoms with Crippen LogP contribution in [0.4, 0.5) is 15.8 Å². The molecule has 0 spiro atoms. The van der Waals surface area contributed by atoms with E-state index in [2.05, 4.69) is 10.3 Å². The third-order valence-electron chi connectivity index (χ3n) is 4.95. The molecular formula is C23H20FN3O3. The number of aromatic carboxylic acids is 1. The van der Waals surface area contributed by atoms with Crippen LogP contribution in [0.15, 0.2) is 60.9 Å². The number of hydrogen-bond donors (Lipinski definition) is 2. The zero-order valence-electron chi connectivity index (χ0n) is 16.5. The molecular weight excluding hydrogens is 385 g/mol. The smallest absolute Gasteiger partial charge is 0.354 e. The van der Waals surface area contributed by atoms with Crippen molar-refractivity contribution in [1.82, 2.24) is 9.55 Å². The summed E-state index contributed by atoms with van der Waals surface area (Å²) in [5.74, 6) is -0.850. The van der Waals surface area contributed by atoms with Crippen LogP contribution in [0.2, 0.25) is 0 Å². The summed E-state index contributed by atoms with van der Waals surface area (Å²) >= 11 is 0. The average molecular weight is 405 g/mol. The highest BCUT2D eigenvalue weighted by atomic mass is 19.1. The molecule has 0 aliphatic carbocycles. The van der Waals surface area contributed by atoms with Gasteiger partial charge in [-0.3, -0.25) is 4.98 Å². The van der Waals surface area contributed by atoms with Crippen LogP contribution in [0.3, 0.4) is 0 Å². The third kappa shape index (κ3) is 3.57. The molecule has 2 N–H and O–H groups in total. The minimum Gasteiger partial charge on any atom is -0.497 e. The molecule has 30 heavy (non-hydrogen) atoms. The average Bonchev–Trinajstić information content (AvgIpc) is 3.04. The van der Waals surface area contributed by atoms with Crippen molar-refractivity contribution in [2.75, 3.05) is 12.4 Å². The summed E-state index contributed by atoms with van der Waals surface area (Å²) in [6, 6.07) is 13.9. The first-order valence-electron chi connectivity index (χ1n) is 9.33. The van der Waals surface area contributed by atoms with E-state index in [1.54, 1.807) is 49.2 Å². The van der Waals surface area contributed by atoms with Crippen LogP contribution in [-0.4, -0.2) is 27.7 Å². The molecule has 0 radical (unpaired) electrons. The van der Waals surface area contributed by atoms with Crippen molar-refractivity contribution >= 4 is 28.2 Å². The van der Waals surface area contributed by atoms with E-state index in [0.29, 0.717) is 23.1 Å². The molecule has 0 aliphatic rings. The summed E-state index contributed by atoms with van der Waals surface area (Å²) in [5, 5.41) is 13.6. The summed E-state index contributed by atoms with van der Waals surface area (Å²) in [6.07, 6.45) is 3.19. The summed E-state index contributed by atoms with van der Waals surface area (Å²) in [6.45, 7) is 2.12. The Kier molecular flexibility index (Phi) is 5.10. The van der Waals surface area contributed by atoms with Crippen LogP contribution >= 0.6 is 0 Å². The minimum absolute atomic E-state index is 0.0359. The van der Waals surface area contributed by atoms with Crippen molar-refractivity contribution in [2.45, 2.75) is 13.5 Å².